The molecule has 11 atom stereocenters. The number of benzene rings is 2. The second-order valence-electron chi connectivity index (χ2n) is 27.3. The number of hydrogen-bond acceptors (Lipinski definition) is 15. The van der Waals surface area contributed by atoms with E-state index in [1.165, 1.54) is 32.4 Å². The summed E-state index contributed by atoms with van der Waals surface area (Å²) in [4.78, 5) is 154. The highest BCUT2D eigenvalue weighted by atomic mass is 19.1. The summed E-state index contributed by atoms with van der Waals surface area (Å²) in [6.45, 7) is 16.9. The van der Waals surface area contributed by atoms with E-state index in [4.69, 9.17) is 19.9 Å². The lowest BCUT2D eigenvalue weighted by Gasteiger charge is -2.41. The molecule has 0 bridgehead atoms. The average Bonchev–Trinajstić information content (AvgIpc) is 1.57. The molecule has 0 unspecified atom stereocenters. The van der Waals surface area contributed by atoms with Crippen LogP contribution in [0.4, 0.5) is 13.6 Å². The van der Waals surface area contributed by atoms with Gasteiger partial charge in [-0.2, -0.15) is 0 Å². The minimum Gasteiger partial charge on any atom is -0.445 e. The van der Waals surface area contributed by atoms with Crippen molar-refractivity contribution in [2.24, 2.45) is 47.2 Å². The third-order valence-corrected chi connectivity index (χ3v) is 18.9. The molecule has 1 saturated heterocycles. The van der Waals surface area contributed by atoms with E-state index in [-0.39, 0.29) is 148 Å². The molecule has 1 fully saturated rings. The summed E-state index contributed by atoms with van der Waals surface area (Å²) in [6.07, 6.45) is 3.06. The number of carbonyl (C=O) groups excluding carboxylic acids is 11. The molecule has 534 valence electrons. The van der Waals surface area contributed by atoms with Crippen molar-refractivity contribution in [3.8, 4) is 0 Å². The summed E-state index contributed by atoms with van der Waals surface area (Å²) in [5.41, 5.74) is 6.37. The highest BCUT2D eigenvalue weighted by molar-refractivity contribution is 6.12. The summed E-state index contributed by atoms with van der Waals surface area (Å²) in [5, 5.41) is 8.54. The largest absolute Gasteiger partial charge is 0.445 e. The van der Waals surface area contributed by atoms with E-state index in [2.05, 4.69) is 16.0 Å². The van der Waals surface area contributed by atoms with Crippen LogP contribution >= 0.6 is 0 Å². The first-order valence-electron chi connectivity index (χ1n) is 34.0. The van der Waals surface area contributed by atoms with E-state index in [9.17, 15) is 56.7 Å². The van der Waals surface area contributed by atoms with Crippen molar-refractivity contribution in [2.75, 3.05) is 55.0 Å². The van der Waals surface area contributed by atoms with E-state index in [0.717, 1.165) is 17.0 Å². The number of rotatable bonds is 43. The highest BCUT2D eigenvalue weighted by Gasteiger charge is 2.46. The second-order valence-corrected chi connectivity index (χ2v) is 27.3. The van der Waals surface area contributed by atoms with E-state index >= 15 is 4.79 Å². The van der Waals surface area contributed by atoms with Gasteiger partial charge in [0.15, 0.2) is 11.6 Å². The second kappa shape index (κ2) is 39.8. The Morgan fingerprint density at radius 1 is 0.719 bits per heavy atom. The molecule has 2 aliphatic rings. The van der Waals surface area contributed by atoms with Crippen molar-refractivity contribution in [1.82, 2.24) is 35.6 Å². The van der Waals surface area contributed by atoms with Crippen LogP contribution in [0.3, 0.4) is 0 Å². The highest BCUT2D eigenvalue weighted by Crippen LogP contribution is 2.32. The Morgan fingerprint density at radius 2 is 1.33 bits per heavy atom. The number of nitrogens with two attached hydrogens (primary N) is 1. The first-order chi connectivity index (χ1) is 45.3. The van der Waals surface area contributed by atoms with Gasteiger partial charge in [-0.3, -0.25) is 57.7 Å². The fraction of sp³-hybridized carbons (Fsp3) is 0.653. The van der Waals surface area contributed by atoms with Crippen LogP contribution in [0.2, 0.25) is 0 Å². The lowest BCUT2D eigenvalue weighted by molar-refractivity contribution is -0.149. The Balaban J connectivity index is 1.49. The average molecular weight is 1350 g/mol. The van der Waals surface area contributed by atoms with Crippen molar-refractivity contribution < 1.29 is 75.7 Å². The number of Topliss-reactive ketones (excluding diaryl/α,β-unsaturated/α-hetero) is 3. The maximum Gasteiger partial charge on any atom is 0.407 e. The molecule has 0 radical (unpaired) electrons. The lowest BCUT2D eigenvalue weighted by atomic mass is 9.83. The molecule has 2 aromatic carbocycles. The van der Waals surface area contributed by atoms with Gasteiger partial charge in [-0.05, 0) is 99.6 Å². The zero-order chi connectivity index (χ0) is 71.7. The summed E-state index contributed by atoms with van der Waals surface area (Å²) in [5.74, 6) is -7.74. The van der Waals surface area contributed by atoms with Gasteiger partial charge in [-0.15, -0.1) is 0 Å². The molecular formula is C72H108F2N8O14. The number of amides is 8. The molecule has 8 amide bonds. The Morgan fingerprint density at radius 3 is 1.90 bits per heavy atom. The van der Waals surface area contributed by atoms with E-state index in [1.54, 1.807) is 48.0 Å². The van der Waals surface area contributed by atoms with Crippen LogP contribution in [0.5, 0.6) is 0 Å². The number of unbranched alkanes of at least 4 members (excludes halogenated alkanes) is 3. The lowest BCUT2D eigenvalue weighted by Crippen LogP contribution is -2.54. The molecule has 0 aromatic heterocycles. The van der Waals surface area contributed by atoms with Gasteiger partial charge in [0.25, 0.3) is 11.8 Å². The number of carbonyl (C=O) groups is 11. The minimum atomic E-state index is -0.966. The third kappa shape index (κ3) is 24.3. The molecule has 22 nitrogen and oxygen atoms in total. The number of ether oxygens (including phenoxy) is 3. The first kappa shape index (κ1) is 81.1. The monoisotopic (exact) mass is 1350 g/mol. The molecule has 0 aliphatic carbocycles. The molecule has 4 rings (SSSR count). The molecule has 2 aromatic rings. The molecule has 2 heterocycles. The van der Waals surface area contributed by atoms with Crippen LogP contribution in [0.1, 0.15) is 162 Å². The Labute approximate surface area is 566 Å². The third-order valence-electron chi connectivity index (χ3n) is 18.9. The summed E-state index contributed by atoms with van der Waals surface area (Å²) >= 11 is 0. The first-order valence-corrected chi connectivity index (χ1v) is 34.0. The predicted molar refractivity (Wildman–Crippen MR) is 359 cm³/mol. The fourth-order valence-corrected chi connectivity index (χ4v) is 13.2. The van der Waals surface area contributed by atoms with Gasteiger partial charge in [0, 0.05) is 103 Å². The quantitative estimate of drug-likeness (QED) is 0.0367. The SMILES string of the molecule is CC[C@H](C)[C@@H]([C@@H](CC(=O)N1C[C@@H](NC(=O)OCc2ccc(CC(=O)[C@H](CCCCC(N)=O)NC(=O)[C@@H](CC(=O)CCCCCN3C(=O)C=CC3=O)C(C)C)cc2)C[C@H]1[C@H](OC)[C@@H](C)C(=O)NCCc1c(F)cccc1F)OC)N(C)C(=O)[C@@H](CC(=O)[C@H](C(C)C)N(C)C)C(C)C. The van der Waals surface area contributed by atoms with Gasteiger partial charge in [-0.25, -0.2) is 13.6 Å². The Kier molecular flexibility index (Phi) is 33.6. The van der Waals surface area contributed by atoms with Gasteiger partial charge in [0.05, 0.1) is 54.8 Å². The number of nitrogens with one attached hydrogen (secondary N) is 3. The van der Waals surface area contributed by atoms with Crippen molar-refractivity contribution in [2.45, 2.75) is 208 Å². The summed E-state index contributed by atoms with van der Waals surface area (Å²) in [6, 6.07) is 6.78. The van der Waals surface area contributed by atoms with Crippen LogP contribution in [-0.2, 0) is 81.6 Å². The fourth-order valence-electron chi connectivity index (χ4n) is 13.2. The number of primary amides is 1. The molecule has 5 N–H and O–H groups in total. The van der Waals surface area contributed by atoms with Crippen molar-refractivity contribution in [3.05, 3.63) is 82.9 Å². The minimum absolute atomic E-state index is 0.00904. The Hall–Kier alpha value is -7.31. The maximum atomic E-state index is 15.0. The van der Waals surface area contributed by atoms with Crippen molar-refractivity contribution in [1.29, 1.82) is 0 Å². The number of methoxy groups -OCH3 is 2. The topological polar surface area (TPSA) is 291 Å². The normalized spacial score (nSPS) is 17.6. The maximum absolute atomic E-state index is 15.0. The van der Waals surface area contributed by atoms with Gasteiger partial charge in [0.2, 0.25) is 29.5 Å². The smallest absolute Gasteiger partial charge is 0.407 e. The van der Waals surface area contributed by atoms with Gasteiger partial charge < -0.3 is 45.7 Å². The zero-order valence-electron chi connectivity index (χ0n) is 59.1. The van der Waals surface area contributed by atoms with E-state index in [1.807, 2.05) is 74.4 Å². The van der Waals surface area contributed by atoms with Crippen LogP contribution in [0.15, 0.2) is 54.6 Å². The van der Waals surface area contributed by atoms with E-state index in [0.29, 0.717) is 49.7 Å². The number of ketones is 3. The van der Waals surface area contributed by atoms with Gasteiger partial charge in [-0.1, -0.05) is 112 Å². The summed E-state index contributed by atoms with van der Waals surface area (Å²) < 4.78 is 47.0. The number of imide groups is 1. The molecule has 0 saturated carbocycles. The Bertz CT molecular complexity index is 2950. The number of halogens is 2. The molecular weight excluding hydrogens is 1240 g/mol. The van der Waals surface area contributed by atoms with Crippen molar-refractivity contribution >= 4 is 64.8 Å². The van der Waals surface area contributed by atoms with Crippen LogP contribution in [0, 0.1) is 53.1 Å². The van der Waals surface area contributed by atoms with Gasteiger partial charge >= 0.3 is 6.09 Å². The zero-order valence-corrected chi connectivity index (χ0v) is 59.1. The molecule has 24 heteroatoms. The number of likely N-dealkylation sites (tertiary alicyclic amines) is 1. The predicted octanol–water partition coefficient (Wildman–Crippen LogP) is 7.63. The standard InChI is InChI=1S/C72H108F2N8O14/c1-15-46(8)67(80(12)71(92)54(44(4)5)39-60(85)66(45(6)7)79(10)11)61(94-13)40-65(89)82-41-50(37-58(82)68(95-14)47(9)69(90)76-34-33-52-55(73)23-21-24-56(52)74)77-72(93)96-42-49-29-27-48(28-30-49)36-59(84)57(25-18-19-26-62(75)86)78-70(91)53(43(2)3)38-51(83)22-17-16-20-35-81-63(87)31-32-64(81)88/h21,23-24,27-32,43-47,50,53-54,57-58,61,66-68H,15-20,22,25-26,33-42H2,1-14H3,(H2,75,86)(H,76,90)(H,77,93)(H,78,91)/t46-,47+,50-,53-,54-,57-,58-,61+,66-,67-,68+/m0/s1. The number of likely N-dealkylation sites (N-methyl/N-ethyl adjacent to an activating group) is 2. The van der Waals surface area contributed by atoms with Crippen LogP contribution < -0.4 is 21.7 Å². The van der Waals surface area contributed by atoms with E-state index < -0.39 is 102 Å². The molecule has 0 spiro atoms. The molecule has 2 aliphatic heterocycles. The summed E-state index contributed by atoms with van der Waals surface area (Å²) in [7, 11) is 8.24. The number of alkyl carbamates (subject to hydrolysis) is 1. The van der Waals surface area contributed by atoms with Crippen molar-refractivity contribution in [3.63, 3.8) is 0 Å². The number of hydrogen-bond donors (Lipinski definition) is 4. The molecule has 96 heavy (non-hydrogen) atoms. The van der Waals surface area contributed by atoms with Gasteiger partial charge in [0.1, 0.15) is 24.0 Å². The van der Waals surface area contributed by atoms with Crippen LogP contribution in [0.25, 0.3) is 0 Å². The van der Waals surface area contributed by atoms with Crippen LogP contribution in [-0.4, -0.2) is 182 Å². The number of nitrogens with zero attached hydrogens (tertiary/aromatic N) is 4.